The van der Waals surface area contributed by atoms with Crippen molar-refractivity contribution in [3.8, 4) is 0 Å². The van der Waals surface area contributed by atoms with Crippen molar-refractivity contribution in [2.45, 2.75) is 20.0 Å². The van der Waals surface area contributed by atoms with E-state index in [2.05, 4.69) is 25.7 Å². The van der Waals surface area contributed by atoms with Gasteiger partial charge in [0.15, 0.2) is 18.1 Å². The minimum atomic E-state index is -0.506. The molecule has 11 heteroatoms. The highest BCUT2D eigenvalue weighted by molar-refractivity contribution is 6.04. The Morgan fingerprint density at radius 2 is 1.94 bits per heavy atom. The average Bonchev–Trinajstić information content (AvgIpc) is 3.46. The standard InChI is InChI=1S/C23H21N7O4/c1-13-7-8-17-15(11-13)22(33)29(2)23-28-26-18(30(17)23)12-34-19(31)9-10-24-21(32)20-14-5-3-4-6-16(14)25-27-20/h3-8,11H,9-10,12H2,1-2H3,(H,24,32)(H,25,27). The molecule has 3 heterocycles. The van der Waals surface area contributed by atoms with E-state index in [0.29, 0.717) is 27.9 Å². The number of fused-ring (bicyclic) bond motifs is 4. The third kappa shape index (κ3) is 3.66. The van der Waals surface area contributed by atoms with Crippen LogP contribution < -0.4 is 10.9 Å². The molecule has 172 valence electrons. The number of rotatable bonds is 6. The molecule has 0 aliphatic carbocycles. The van der Waals surface area contributed by atoms with E-state index in [9.17, 15) is 14.4 Å². The zero-order chi connectivity index (χ0) is 23.8. The lowest BCUT2D eigenvalue weighted by atomic mass is 10.1. The lowest BCUT2D eigenvalue weighted by molar-refractivity contribution is -0.145. The summed E-state index contributed by atoms with van der Waals surface area (Å²) >= 11 is 0. The molecule has 0 fully saturated rings. The molecule has 0 spiro atoms. The number of esters is 1. The average molecular weight is 459 g/mol. The van der Waals surface area contributed by atoms with Crippen LogP contribution in [-0.2, 0) is 23.2 Å². The van der Waals surface area contributed by atoms with Gasteiger partial charge in [0.2, 0.25) is 5.78 Å². The van der Waals surface area contributed by atoms with Gasteiger partial charge in [-0.2, -0.15) is 5.10 Å². The van der Waals surface area contributed by atoms with Gasteiger partial charge in [0.05, 0.1) is 22.8 Å². The Kier molecular flexibility index (Phi) is 5.28. The minimum Gasteiger partial charge on any atom is -0.457 e. The zero-order valence-electron chi connectivity index (χ0n) is 18.5. The predicted octanol–water partition coefficient (Wildman–Crippen LogP) is 1.63. The van der Waals surface area contributed by atoms with Crippen LogP contribution in [0, 0.1) is 6.92 Å². The molecule has 2 N–H and O–H groups in total. The number of aromatic nitrogens is 6. The molecule has 3 aromatic heterocycles. The van der Waals surface area contributed by atoms with Crippen LogP contribution in [0.15, 0.2) is 47.3 Å². The Morgan fingerprint density at radius 1 is 1.12 bits per heavy atom. The van der Waals surface area contributed by atoms with E-state index in [1.807, 2.05) is 37.3 Å². The third-order valence-electron chi connectivity index (χ3n) is 5.60. The molecule has 2 aromatic carbocycles. The van der Waals surface area contributed by atoms with Gasteiger partial charge in [-0.15, -0.1) is 10.2 Å². The number of aromatic amines is 1. The van der Waals surface area contributed by atoms with Gasteiger partial charge in [0.1, 0.15) is 0 Å². The number of benzene rings is 2. The smallest absolute Gasteiger partial charge is 0.308 e. The molecule has 11 nitrogen and oxygen atoms in total. The van der Waals surface area contributed by atoms with E-state index in [4.69, 9.17) is 4.74 Å². The molecule has 0 aliphatic heterocycles. The van der Waals surface area contributed by atoms with Crippen molar-refractivity contribution in [2.75, 3.05) is 6.54 Å². The highest BCUT2D eigenvalue weighted by Gasteiger charge is 2.17. The van der Waals surface area contributed by atoms with Gasteiger partial charge in [-0.05, 0) is 25.1 Å². The largest absolute Gasteiger partial charge is 0.457 e. The summed E-state index contributed by atoms with van der Waals surface area (Å²) < 4.78 is 8.47. The number of H-pyrrole nitrogens is 1. The van der Waals surface area contributed by atoms with Crippen molar-refractivity contribution in [3.05, 3.63) is 69.9 Å². The van der Waals surface area contributed by atoms with Crippen LogP contribution in [0.1, 0.15) is 28.3 Å². The van der Waals surface area contributed by atoms with E-state index in [-0.39, 0.29) is 36.7 Å². The number of carbonyl (C=O) groups excluding carboxylic acids is 2. The molecule has 0 bridgehead atoms. The van der Waals surface area contributed by atoms with Crippen molar-refractivity contribution >= 4 is 39.5 Å². The molecular formula is C23H21N7O4. The van der Waals surface area contributed by atoms with Gasteiger partial charge < -0.3 is 10.1 Å². The molecule has 0 radical (unpaired) electrons. The van der Waals surface area contributed by atoms with Crippen molar-refractivity contribution in [1.29, 1.82) is 0 Å². The first kappa shape index (κ1) is 21.3. The van der Waals surface area contributed by atoms with Crippen LogP contribution in [0.4, 0.5) is 0 Å². The number of hydrogen-bond acceptors (Lipinski definition) is 7. The number of ether oxygens (including phenoxy) is 1. The van der Waals surface area contributed by atoms with E-state index < -0.39 is 5.97 Å². The maximum atomic E-state index is 12.7. The van der Waals surface area contributed by atoms with Crippen molar-refractivity contribution in [1.82, 2.24) is 34.7 Å². The molecule has 5 rings (SSSR count). The number of carbonyl (C=O) groups is 2. The topological polar surface area (TPSA) is 136 Å². The van der Waals surface area contributed by atoms with E-state index >= 15 is 0 Å². The molecule has 0 unspecified atom stereocenters. The fourth-order valence-electron chi connectivity index (χ4n) is 3.87. The normalized spacial score (nSPS) is 11.4. The molecule has 34 heavy (non-hydrogen) atoms. The Labute approximate surface area is 192 Å². The van der Waals surface area contributed by atoms with Gasteiger partial charge in [-0.1, -0.05) is 29.8 Å². The fourth-order valence-corrected chi connectivity index (χ4v) is 3.87. The number of aryl methyl sites for hydroxylation is 2. The first-order valence-corrected chi connectivity index (χ1v) is 10.6. The summed E-state index contributed by atoms with van der Waals surface area (Å²) in [4.78, 5) is 37.3. The molecule has 5 aromatic rings. The minimum absolute atomic E-state index is 0.0245. The number of hydrogen-bond donors (Lipinski definition) is 2. The lowest BCUT2D eigenvalue weighted by Crippen LogP contribution is -2.27. The van der Waals surface area contributed by atoms with E-state index in [0.717, 1.165) is 11.1 Å². The van der Waals surface area contributed by atoms with Gasteiger partial charge in [-0.3, -0.25) is 28.5 Å². The van der Waals surface area contributed by atoms with Crippen LogP contribution in [0.5, 0.6) is 0 Å². The van der Waals surface area contributed by atoms with Gasteiger partial charge >= 0.3 is 5.97 Å². The quantitative estimate of drug-likeness (QED) is 0.368. The van der Waals surface area contributed by atoms with Crippen LogP contribution in [-0.4, -0.2) is 47.8 Å². The maximum Gasteiger partial charge on any atom is 0.308 e. The monoisotopic (exact) mass is 459 g/mol. The number of nitrogens with one attached hydrogen (secondary N) is 2. The summed E-state index contributed by atoms with van der Waals surface area (Å²) in [7, 11) is 1.62. The maximum absolute atomic E-state index is 12.7. The Bertz CT molecular complexity index is 1630. The first-order valence-electron chi connectivity index (χ1n) is 10.6. The van der Waals surface area contributed by atoms with Crippen molar-refractivity contribution in [2.24, 2.45) is 7.05 Å². The Hall–Kier alpha value is -4.54. The van der Waals surface area contributed by atoms with Crippen molar-refractivity contribution < 1.29 is 14.3 Å². The first-order chi connectivity index (χ1) is 16.4. The molecule has 1 amide bonds. The lowest BCUT2D eigenvalue weighted by Gasteiger charge is -2.09. The highest BCUT2D eigenvalue weighted by Crippen LogP contribution is 2.17. The highest BCUT2D eigenvalue weighted by atomic mass is 16.5. The van der Waals surface area contributed by atoms with Crippen LogP contribution in [0.3, 0.4) is 0 Å². The van der Waals surface area contributed by atoms with Gasteiger partial charge in [0, 0.05) is 19.0 Å². The Morgan fingerprint density at radius 3 is 2.79 bits per heavy atom. The predicted molar refractivity (Wildman–Crippen MR) is 123 cm³/mol. The molecular weight excluding hydrogens is 438 g/mol. The molecule has 0 aliphatic rings. The second kappa shape index (κ2) is 8.43. The molecule has 0 saturated carbocycles. The third-order valence-corrected chi connectivity index (χ3v) is 5.60. The number of para-hydroxylation sites is 1. The Balaban J connectivity index is 1.25. The SMILES string of the molecule is Cc1ccc2c(c1)c(=O)n(C)c1nnc(COC(=O)CCNC(=O)c3n[nH]c4ccccc34)n21. The summed E-state index contributed by atoms with van der Waals surface area (Å²) in [6, 6.07) is 12.8. The summed E-state index contributed by atoms with van der Waals surface area (Å²) in [5.74, 6) is -0.143. The summed E-state index contributed by atoms with van der Waals surface area (Å²) in [6.45, 7) is 1.88. The second-order valence-corrected chi connectivity index (χ2v) is 7.92. The second-order valence-electron chi connectivity index (χ2n) is 7.92. The van der Waals surface area contributed by atoms with E-state index in [1.165, 1.54) is 4.57 Å². The summed E-state index contributed by atoms with van der Waals surface area (Å²) in [5.41, 5.74) is 2.44. The zero-order valence-corrected chi connectivity index (χ0v) is 18.5. The molecule has 0 atom stereocenters. The van der Waals surface area contributed by atoms with Crippen molar-refractivity contribution in [3.63, 3.8) is 0 Å². The van der Waals surface area contributed by atoms with Crippen LogP contribution >= 0.6 is 0 Å². The summed E-state index contributed by atoms with van der Waals surface area (Å²) in [6.07, 6.45) is -0.0245. The fraction of sp³-hybridized carbons (Fsp3) is 0.217. The van der Waals surface area contributed by atoms with Gasteiger partial charge in [0.25, 0.3) is 11.5 Å². The number of nitrogens with zero attached hydrogens (tertiary/aromatic N) is 5. The van der Waals surface area contributed by atoms with Crippen LogP contribution in [0.2, 0.25) is 0 Å². The van der Waals surface area contributed by atoms with E-state index in [1.54, 1.807) is 23.6 Å². The summed E-state index contributed by atoms with van der Waals surface area (Å²) in [5, 5.41) is 18.9. The van der Waals surface area contributed by atoms with Gasteiger partial charge in [-0.25, -0.2) is 0 Å². The molecule has 0 saturated heterocycles. The number of amides is 1. The van der Waals surface area contributed by atoms with Crippen LogP contribution in [0.25, 0.3) is 27.6 Å².